The molecule has 1 aromatic carbocycles. The molecule has 0 unspecified atom stereocenters. The Morgan fingerprint density at radius 1 is 1.17 bits per heavy atom. The lowest BCUT2D eigenvalue weighted by atomic mass is 10.2. The summed E-state index contributed by atoms with van der Waals surface area (Å²) >= 11 is 11.1. The number of carbonyl (C=O) groups excluding carboxylic acids is 1. The number of hydrogen-bond acceptors (Lipinski definition) is 3. The van der Waals surface area contributed by atoms with Crippen molar-refractivity contribution in [2.24, 2.45) is 0 Å². The van der Waals surface area contributed by atoms with Gasteiger partial charge in [-0.15, -0.1) is 0 Å². The van der Waals surface area contributed by atoms with Crippen LogP contribution in [0, 0.1) is 0 Å². The van der Waals surface area contributed by atoms with Gasteiger partial charge in [-0.1, -0.05) is 0 Å². The standard InChI is InChI=1S/C11H13Cl2NO3S/c1-11(2,3)18(16,17)14(13)9-6-4-8(5-7-9)10(12)15/h4-7H,1-3H3. The van der Waals surface area contributed by atoms with E-state index in [2.05, 4.69) is 0 Å². The van der Waals surface area contributed by atoms with Gasteiger partial charge >= 0.3 is 0 Å². The van der Waals surface area contributed by atoms with Crippen LogP contribution in [0.3, 0.4) is 0 Å². The Kier molecular flexibility index (Phi) is 4.30. The molecule has 0 saturated carbocycles. The number of nitrogens with zero attached hydrogens (tertiary/aromatic N) is 1. The monoisotopic (exact) mass is 309 g/mol. The second kappa shape index (κ2) is 5.07. The van der Waals surface area contributed by atoms with Gasteiger partial charge in [-0.25, -0.2) is 8.42 Å². The first-order valence-corrected chi connectivity index (χ1v) is 7.23. The van der Waals surface area contributed by atoms with Crippen LogP contribution in [0.4, 0.5) is 5.69 Å². The summed E-state index contributed by atoms with van der Waals surface area (Å²) in [4.78, 5) is 10.9. The average molecular weight is 310 g/mol. The van der Waals surface area contributed by atoms with Crippen molar-refractivity contribution in [1.82, 2.24) is 0 Å². The highest BCUT2D eigenvalue weighted by molar-refractivity contribution is 7.95. The highest BCUT2D eigenvalue weighted by atomic mass is 35.5. The Balaban J connectivity index is 3.13. The van der Waals surface area contributed by atoms with Crippen LogP contribution in [0.2, 0.25) is 0 Å². The minimum absolute atomic E-state index is 0.258. The van der Waals surface area contributed by atoms with Gasteiger partial charge in [-0.2, -0.15) is 3.82 Å². The summed E-state index contributed by atoms with van der Waals surface area (Å²) in [5, 5.41) is -0.610. The Bertz CT molecular complexity index is 547. The van der Waals surface area contributed by atoms with Crippen LogP contribution in [-0.2, 0) is 10.0 Å². The number of hydrogen-bond donors (Lipinski definition) is 0. The van der Waals surface area contributed by atoms with Crippen LogP contribution >= 0.6 is 23.4 Å². The smallest absolute Gasteiger partial charge is 0.253 e. The summed E-state index contributed by atoms with van der Waals surface area (Å²) in [6.07, 6.45) is 0. The van der Waals surface area contributed by atoms with Gasteiger partial charge in [-0.05, 0) is 56.6 Å². The van der Waals surface area contributed by atoms with Crippen molar-refractivity contribution in [3.63, 3.8) is 0 Å². The summed E-state index contributed by atoms with van der Waals surface area (Å²) < 4.78 is 23.8. The molecule has 0 spiro atoms. The van der Waals surface area contributed by atoms with Gasteiger partial charge in [0.2, 0.25) is 0 Å². The molecule has 0 bridgehead atoms. The van der Waals surface area contributed by atoms with Gasteiger partial charge in [0.1, 0.15) is 0 Å². The molecular weight excluding hydrogens is 297 g/mol. The van der Waals surface area contributed by atoms with Crippen molar-refractivity contribution in [2.75, 3.05) is 3.82 Å². The number of halogens is 2. The van der Waals surface area contributed by atoms with Crippen LogP contribution in [0.1, 0.15) is 31.1 Å². The van der Waals surface area contributed by atoms with E-state index >= 15 is 0 Å². The van der Waals surface area contributed by atoms with Crippen LogP contribution < -0.4 is 3.82 Å². The van der Waals surface area contributed by atoms with Crippen molar-refractivity contribution < 1.29 is 13.2 Å². The molecule has 0 aliphatic rings. The molecule has 0 amide bonds. The fourth-order valence-electron chi connectivity index (χ4n) is 1.09. The van der Waals surface area contributed by atoms with Crippen LogP contribution in [0.5, 0.6) is 0 Å². The van der Waals surface area contributed by atoms with Crippen LogP contribution in [0.25, 0.3) is 0 Å². The van der Waals surface area contributed by atoms with Gasteiger partial charge in [0.15, 0.2) is 0 Å². The Morgan fingerprint density at radius 3 is 1.94 bits per heavy atom. The van der Waals surface area contributed by atoms with Crippen LogP contribution in [-0.4, -0.2) is 18.4 Å². The third-order valence-corrected chi connectivity index (χ3v) is 5.42. The first-order valence-electron chi connectivity index (χ1n) is 5.08. The van der Waals surface area contributed by atoms with E-state index < -0.39 is 20.0 Å². The molecule has 1 rings (SSSR count). The second-order valence-electron chi connectivity index (χ2n) is 4.65. The van der Waals surface area contributed by atoms with Gasteiger partial charge in [-0.3, -0.25) is 4.79 Å². The summed E-state index contributed by atoms with van der Waals surface area (Å²) in [5.41, 5.74) is 0.534. The van der Waals surface area contributed by atoms with E-state index in [-0.39, 0.29) is 11.3 Å². The highest BCUT2D eigenvalue weighted by Crippen LogP contribution is 2.28. The first-order chi connectivity index (χ1) is 8.07. The Hall–Kier alpha value is -0.780. The van der Waals surface area contributed by atoms with Crippen molar-refractivity contribution in [3.05, 3.63) is 29.8 Å². The lowest BCUT2D eigenvalue weighted by Crippen LogP contribution is -2.38. The molecule has 0 aromatic heterocycles. The third kappa shape index (κ3) is 2.96. The fraction of sp³-hybridized carbons (Fsp3) is 0.364. The summed E-state index contributed by atoms with van der Waals surface area (Å²) in [6, 6.07) is 5.67. The minimum atomic E-state index is -3.68. The largest absolute Gasteiger partial charge is 0.276 e. The zero-order chi connectivity index (χ0) is 14.1. The molecule has 7 heteroatoms. The molecular formula is C11H13Cl2NO3S. The third-order valence-electron chi connectivity index (χ3n) is 2.28. The molecule has 0 heterocycles. The second-order valence-corrected chi connectivity index (χ2v) is 8.07. The SMILES string of the molecule is CC(C)(C)S(=O)(=O)N(Cl)c1ccc(C(=O)Cl)cc1. The minimum Gasteiger partial charge on any atom is -0.276 e. The maximum absolute atomic E-state index is 12.1. The Morgan fingerprint density at radius 2 is 1.61 bits per heavy atom. The van der Waals surface area contributed by atoms with Crippen molar-refractivity contribution >= 4 is 44.3 Å². The zero-order valence-electron chi connectivity index (χ0n) is 10.1. The molecule has 0 saturated heterocycles. The van der Waals surface area contributed by atoms with E-state index in [9.17, 15) is 13.2 Å². The molecule has 0 fully saturated rings. The molecule has 0 aliphatic carbocycles. The van der Waals surface area contributed by atoms with Crippen molar-refractivity contribution in [1.29, 1.82) is 0 Å². The van der Waals surface area contributed by atoms with E-state index in [1.54, 1.807) is 20.8 Å². The fourth-order valence-corrected chi connectivity index (χ4v) is 2.83. The van der Waals surface area contributed by atoms with E-state index in [0.29, 0.717) is 3.82 Å². The van der Waals surface area contributed by atoms with Gasteiger partial charge in [0, 0.05) is 17.3 Å². The summed E-state index contributed by atoms with van der Waals surface area (Å²) in [6.45, 7) is 4.65. The molecule has 4 nitrogen and oxygen atoms in total. The molecule has 1 aromatic rings. The maximum atomic E-state index is 12.1. The van der Waals surface area contributed by atoms with E-state index in [1.807, 2.05) is 0 Å². The number of sulfonamides is 1. The van der Waals surface area contributed by atoms with Gasteiger partial charge in [0.25, 0.3) is 15.3 Å². The van der Waals surface area contributed by atoms with Crippen molar-refractivity contribution in [3.8, 4) is 0 Å². The van der Waals surface area contributed by atoms with Gasteiger partial charge in [0.05, 0.1) is 10.4 Å². The molecule has 0 atom stereocenters. The predicted octanol–water partition coefficient (Wildman–Crippen LogP) is 3.15. The molecule has 0 aliphatic heterocycles. The Labute approximate surface area is 117 Å². The maximum Gasteiger partial charge on any atom is 0.253 e. The molecule has 100 valence electrons. The average Bonchev–Trinajstić information content (AvgIpc) is 2.26. The van der Waals surface area contributed by atoms with E-state index in [1.165, 1.54) is 24.3 Å². The summed E-state index contributed by atoms with van der Waals surface area (Å²) in [5.74, 6) is 0. The van der Waals surface area contributed by atoms with E-state index in [0.717, 1.165) is 0 Å². The van der Waals surface area contributed by atoms with Crippen molar-refractivity contribution in [2.45, 2.75) is 25.5 Å². The molecule has 0 N–H and O–H groups in total. The summed E-state index contributed by atoms with van der Waals surface area (Å²) in [7, 11) is -3.68. The normalized spacial score (nSPS) is 12.3. The topological polar surface area (TPSA) is 54.5 Å². The van der Waals surface area contributed by atoms with E-state index in [4.69, 9.17) is 23.4 Å². The number of benzene rings is 1. The molecule has 18 heavy (non-hydrogen) atoms. The first kappa shape index (κ1) is 15.3. The number of rotatable bonds is 3. The number of anilines is 1. The van der Waals surface area contributed by atoms with Crippen LogP contribution in [0.15, 0.2) is 24.3 Å². The molecule has 0 radical (unpaired) electrons. The quantitative estimate of drug-likeness (QED) is 0.636. The lowest BCUT2D eigenvalue weighted by molar-refractivity contribution is 0.108. The van der Waals surface area contributed by atoms with Gasteiger partial charge < -0.3 is 0 Å². The number of carbonyl (C=O) groups is 1. The zero-order valence-corrected chi connectivity index (χ0v) is 12.5. The highest BCUT2D eigenvalue weighted by Gasteiger charge is 2.35. The lowest BCUT2D eigenvalue weighted by Gasteiger charge is -2.25. The predicted molar refractivity (Wildman–Crippen MR) is 73.6 cm³/mol.